The summed E-state index contributed by atoms with van der Waals surface area (Å²) in [7, 11) is 0. The fourth-order valence-electron chi connectivity index (χ4n) is 3.15. The molecular formula is C22H15FN4O2S. The van der Waals surface area contributed by atoms with Crippen molar-refractivity contribution in [2.45, 2.75) is 6.92 Å². The molecule has 1 aromatic carbocycles. The lowest BCUT2D eigenvalue weighted by atomic mass is 10.1. The van der Waals surface area contributed by atoms with Crippen LogP contribution < -0.4 is 5.32 Å². The second-order valence-corrected chi connectivity index (χ2v) is 7.53. The molecule has 0 aliphatic heterocycles. The third-order valence-electron chi connectivity index (χ3n) is 4.64. The molecule has 8 heteroatoms. The van der Waals surface area contributed by atoms with Crippen LogP contribution in [0.1, 0.15) is 16.3 Å². The summed E-state index contributed by atoms with van der Waals surface area (Å²) < 4.78 is 19.9. The summed E-state index contributed by atoms with van der Waals surface area (Å²) in [6.45, 7) is 1.76. The fraction of sp³-hybridized carbons (Fsp3) is 0.0455. The number of benzene rings is 1. The van der Waals surface area contributed by atoms with Crippen molar-refractivity contribution in [3.05, 3.63) is 76.8 Å². The van der Waals surface area contributed by atoms with Crippen LogP contribution in [0.3, 0.4) is 0 Å². The standard InChI is InChI=1S/C22H15FN4O2S/c1-12-2-5-19(29-12)22(28)25-15-3-4-17(23)16(9-15)20-26-18-8-14(10-24-21(18)27-20)13-6-7-30-11-13/h2-11H,1H3,(H,25,28)(H,24,26,27). The van der Waals surface area contributed by atoms with Gasteiger partial charge in [-0.1, -0.05) is 0 Å². The number of furan rings is 1. The van der Waals surface area contributed by atoms with Gasteiger partial charge >= 0.3 is 0 Å². The van der Waals surface area contributed by atoms with E-state index in [9.17, 15) is 9.18 Å². The number of nitrogens with zero attached hydrogens (tertiary/aromatic N) is 2. The van der Waals surface area contributed by atoms with Crippen molar-refractivity contribution in [2.75, 3.05) is 5.32 Å². The maximum absolute atomic E-state index is 14.5. The maximum atomic E-state index is 14.5. The molecule has 0 fully saturated rings. The molecule has 5 aromatic rings. The summed E-state index contributed by atoms with van der Waals surface area (Å²) in [5, 5.41) is 6.75. The van der Waals surface area contributed by atoms with Crippen molar-refractivity contribution in [1.29, 1.82) is 0 Å². The van der Waals surface area contributed by atoms with Crippen LogP contribution in [0.25, 0.3) is 33.7 Å². The number of hydrogen-bond donors (Lipinski definition) is 2. The van der Waals surface area contributed by atoms with E-state index < -0.39 is 11.7 Å². The quantitative estimate of drug-likeness (QED) is 0.395. The maximum Gasteiger partial charge on any atom is 0.291 e. The van der Waals surface area contributed by atoms with Crippen molar-refractivity contribution < 1.29 is 13.6 Å². The summed E-state index contributed by atoms with van der Waals surface area (Å²) in [6.07, 6.45) is 1.74. The normalized spacial score (nSPS) is 11.1. The van der Waals surface area contributed by atoms with Gasteiger partial charge in [0.05, 0.1) is 11.1 Å². The number of H-pyrrole nitrogens is 1. The van der Waals surface area contributed by atoms with E-state index in [1.54, 1.807) is 36.6 Å². The topological polar surface area (TPSA) is 83.8 Å². The van der Waals surface area contributed by atoms with Gasteiger partial charge in [-0.25, -0.2) is 14.4 Å². The zero-order chi connectivity index (χ0) is 20.7. The molecule has 0 atom stereocenters. The lowest BCUT2D eigenvalue weighted by Crippen LogP contribution is -2.11. The van der Waals surface area contributed by atoms with Crippen molar-refractivity contribution in [2.24, 2.45) is 0 Å². The van der Waals surface area contributed by atoms with E-state index in [1.165, 1.54) is 18.2 Å². The van der Waals surface area contributed by atoms with E-state index in [4.69, 9.17) is 4.42 Å². The third-order valence-corrected chi connectivity index (χ3v) is 5.32. The summed E-state index contributed by atoms with van der Waals surface area (Å²) >= 11 is 1.61. The van der Waals surface area contributed by atoms with Crippen LogP contribution in [0.4, 0.5) is 10.1 Å². The largest absolute Gasteiger partial charge is 0.456 e. The highest BCUT2D eigenvalue weighted by atomic mass is 32.1. The van der Waals surface area contributed by atoms with Crippen LogP contribution in [0.15, 0.2) is 63.8 Å². The Morgan fingerprint density at radius 2 is 2.07 bits per heavy atom. The molecule has 0 saturated carbocycles. The SMILES string of the molecule is Cc1ccc(C(=O)Nc2ccc(F)c(-c3nc4ncc(-c5ccsc5)cc4[nH]3)c2)o1. The van der Waals surface area contributed by atoms with Crippen molar-refractivity contribution >= 4 is 34.1 Å². The number of fused-ring (bicyclic) bond motifs is 1. The minimum absolute atomic E-state index is 0.187. The number of amides is 1. The zero-order valence-electron chi connectivity index (χ0n) is 15.8. The molecule has 0 spiro atoms. The Morgan fingerprint density at radius 3 is 2.83 bits per heavy atom. The molecular weight excluding hydrogens is 403 g/mol. The second kappa shape index (κ2) is 7.23. The smallest absolute Gasteiger partial charge is 0.291 e. The number of imidazole rings is 1. The molecule has 2 N–H and O–H groups in total. The van der Waals surface area contributed by atoms with Crippen molar-refractivity contribution in [3.8, 4) is 22.5 Å². The number of aromatic nitrogens is 3. The first-order chi connectivity index (χ1) is 14.6. The van der Waals surface area contributed by atoms with Crippen LogP contribution >= 0.6 is 11.3 Å². The third kappa shape index (κ3) is 3.37. The molecule has 0 aliphatic rings. The molecule has 6 nitrogen and oxygen atoms in total. The summed E-state index contributed by atoms with van der Waals surface area (Å²) in [5.41, 5.74) is 3.87. The minimum atomic E-state index is -0.459. The fourth-order valence-corrected chi connectivity index (χ4v) is 3.81. The van der Waals surface area contributed by atoms with Crippen LogP contribution in [0, 0.1) is 12.7 Å². The van der Waals surface area contributed by atoms with Crippen LogP contribution in [0.5, 0.6) is 0 Å². The minimum Gasteiger partial charge on any atom is -0.456 e. The number of rotatable bonds is 4. The van der Waals surface area contributed by atoms with Crippen LogP contribution in [0.2, 0.25) is 0 Å². The monoisotopic (exact) mass is 418 g/mol. The van der Waals surface area contributed by atoms with Gasteiger partial charge in [0.15, 0.2) is 11.4 Å². The van der Waals surface area contributed by atoms with E-state index >= 15 is 0 Å². The number of nitrogens with one attached hydrogen (secondary N) is 2. The number of pyridine rings is 1. The Hall–Kier alpha value is -3.78. The average molecular weight is 418 g/mol. The predicted octanol–water partition coefficient (Wildman–Crippen LogP) is 5.65. The molecule has 4 aromatic heterocycles. The highest BCUT2D eigenvalue weighted by Crippen LogP contribution is 2.28. The van der Waals surface area contributed by atoms with Gasteiger partial charge in [0, 0.05) is 17.4 Å². The van der Waals surface area contributed by atoms with Gasteiger partial charge in [-0.05, 0) is 65.7 Å². The molecule has 1 amide bonds. The Bertz CT molecular complexity index is 1370. The first kappa shape index (κ1) is 18.3. The van der Waals surface area contributed by atoms with Gasteiger partial charge in [0.1, 0.15) is 17.4 Å². The number of aryl methyl sites for hydroxylation is 1. The Kier molecular flexibility index (Phi) is 4.40. The Labute approximate surface area is 174 Å². The first-order valence-corrected chi connectivity index (χ1v) is 10.1. The lowest BCUT2D eigenvalue weighted by molar-refractivity contribution is 0.0995. The van der Waals surface area contributed by atoms with E-state index in [0.717, 1.165) is 11.1 Å². The summed E-state index contributed by atoms with van der Waals surface area (Å²) in [5.74, 6) is 0.289. The first-order valence-electron chi connectivity index (χ1n) is 9.13. The molecule has 30 heavy (non-hydrogen) atoms. The summed E-state index contributed by atoms with van der Waals surface area (Å²) in [4.78, 5) is 24.2. The molecule has 148 valence electrons. The van der Waals surface area contributed by atoms with E-state index in [2.05, 4.69) is 20.3 Å². The van der Waals surface area contributed by atoms with Crippen LogP contribution in [-0.2, 0) is 0 Å². The molecule has 0 bridgehead atoms. The van der Waals surface area contributed by atoms with Gasteiger partial charge in [-0.3, -0.25) is 4.79 Å². The summed E-state index contributed by atoms with van der Waals surface area (Å²) in [6, 6.07) is 11.5. The molecule has 0 saturated heterocycles. The lowest BCUT2D eigenvalue weighted by Gasteiger charge is -2.06. The number of carbonyl (C=O) groups is 1. The number of hydrogen-bond acceptors (Lipinski definition) is 5. The molecule has 0 radical (unpaired) electrons. The number of carbonyl (C=O) groups excluding carboxylic acids is 1. The molecule has 4 heterocycles. The van der Waals surface area contributed by atoms with E-state index in [-0.39, 0.29) is 11.3 Å². The molecule has 0 aliphatic carbocycles. The number of thiophene rings is 1. The van der Waals surface area contributed by atoms with E-state index in [0.29, 0.717) is 28.4 Å². The zero-order valence-corrected chi connectivity index (χ0v) is 16.6. The van der Waals surface area contributed by atoms with Crippen molar-refractivity contribution in [1.82, 2.24) is 15.0 Å². The van der Waals surface area contributed by atoms with Crippen molar-refractivity contribution in [3.63, 3.8) is 0 Å². The van der Waals surface area contributed by atoms with Gasteiger partial charge in [0.2, 0.25) is 0 Å². The average Bonchev–Trinajstić information content (AvgIpc) is 3.49. The van der Waals surface area contributed by atoms with Gasteiger partial charge in [0.25, 0.3) is 5.91 Å². The number of halogens is 1. The molecule has 5 rings (SSSR count). The van der Waals surface area contributed by atoms with E-state index in [1.807, 2.05) is 22.9 Å². The molecule has 0 unspecified atom stereocenters. The highest BCUT2D eigenvalue weighted by molar-refractivity contribution is 7.08. The number of aromatic amines is 1. The highest BCUT2D eigenvalue weighted by Gasteiger charge is 2.15. The predicted molar refractivity (Wildman–Crippen MR) is 114 cm³/mol. The Balaban J connectivity index is 1.48. The number of anilines is 1. The van der Waals surface area contributed by atoms with Crippen LogP contribution in [-0.4, -0.2) is 20.9 Å². The van der Waals surface area contributed by atoms with Gasteiger partial charge in [-0.15, -0.1) is 0 Å². The Morgan fingerprint density at radius 1 is 1.17 bits per heavy atom. The second-order valence-electron chi connectivity index (χ2n) is 6.75. The van der Waals surface area contributed by atoms with Gasteiger partial charge in [-0.2, -0.15) is 11.3 Å². The van der Waals surface area contributed by atoms with Gasteiger partial charge < -0.3 is 14.7 Å².